The lowest BCUT2D eigenvalue weighted by atomic mass is 10.1. The first-order chi connectivity index (χ1) is 11.1. The van der Waals surface area contributed by atoms with Crippen LogP contribution in [-0.2, 0) is 9.53 Å². The molecule has 1 amide bonds. The molecule has 3 rings (SSSR count). The van der Waals surface area contributed by atoms with Gasteiger partial charge < -0.3 is 15.2 Å². The fraction of sp³-hybridized carbons (Fsp3) is 0.312. The van der Waals surface area contributed by atoms with Crippen molar-refractivity contribution in [1.29, 1.82) is 0 Å². The second kappa shape index (κ2) is 6.62. The number of ether oxygens (including phenoxy) is 1. The van der Waals surface area contributed by atoms with Gasteiger partial charge in [0, 0.05) is 12.8 Å². The first-order valence-corrected chi connectivity index (χ1v) is 7.46. The maximum atomic E-state index is 12.3. The maximum absolute atomic E-state index is 12.3. The van der Waals surface area contributed by atoms with E-state index in [1.807, 2.05) is 0 Å². The SMILES string of the molecule is O=C(O)c1ccn(-c2ccccc2NC(=O)C2CCCCO2)n1. The highest BCUT2D eigenvalue weighted by Crippen LogP contribution is 2.21. The summed E-state index contributed by atoms with van der Waals surface area (Å²) in [6, 6.07) is 8.51. The van der Waals surface area contributed by atoms with Gasteiger partial charge in [-0.3, -0.25) is 4.79 Å². The quantitative estimate of drug-likeness (QED) is 0.901. The molecule has 1 aromatic carbocycles. The maximum Gasteiger partial charge on any atom is 0.356 e. The van der Waals surface area contributed by atoms with E-state index in [9.17, 15) is 9.59 Å². The molecule has 1 aliphatic heterocycles. The molecule has 1 unspecified atom stereocenters. The number of amides is 1. The minimum absolute atomic E-state index is 0.0539. The third-order valence-electron chi connectivity index (χ3n) is 3.69. The van der Waals surface area contributed by atoms with E-state index in [-0.39, 0.29) is 11.6 Å². The fourth-order valence-corrected chi connectivity index (χ4v) is 2.51. The van der Waals surface area contributed by atoms with Crippen LogP contribution in [0.2, 0.25) is 0 Å². The average Bonchev–Trinajstić information content (AvgIpc) is 3.06. The number of nitrogens with one attached hydrogen (secondary N) is 1. The minimum atomic E-state index is -1.10. The van der Waals surface area contributed by atoms with Crippen molar-refractivity contribution in [3.63, 3.8) is 0 Å². The van der Waals surface area contributed by atoms with Gasteiger partial charge in [0.25, 0.3) is 5.91 Å². The molecule has 2 heterocycles. The molecule has 2 N–H and O–H groups in total. The van der Waals surface area contributed by atoms with Gasteiger partial charge in [0.05, 0.1) is 11.4 Å². The Kier molecular flexibility index (Phi) is 4.38. The summed E-state index contributed by atoms with van der Waals surface area (Å²) in [5.41, 5.74) is 1.11. The van der Waals surface area contributed by atoms with E-state index in [1.54, 1.807) is 30.5 Å². The first kappa shape index (κ1) is 15.2. The average molecular weight is 315 g/mol. The van der Waals surface area contributed by atoms with Crippen LogP contribution < -0.4 is 5.32 Å². The second-order valence-corrected chi connectivity index (χ2v) is 5.31. The van der Waals surface area contributed by atoms with Crippen molar-refractivity contribution in [2.75, 3.05) is 11.9 Å². The number of benzene rings is 1. The van der Waals surface area contributed by atoms with E-state index in [0.717, 1.165) is 12.8 Å². The molecule has 23 heavy (non-hydrogen) atoms. The number of carboxylic acids is 1. The topological polar surface area (TPSA) is 93.5 Å². The van der Waals surface area contributed by atoms with Gasteiger partial charge in [-0.1, -0.05) is 12.1 Å². The van der Waals surface area contributed by atoms with E-state index in [4.69, 9.17) is 9.84 Å². The van der Waals surface area contributed by atoms with Crippen molar-refractivity contribution >= 4 is 17.6 Å². The van der Waals surface area contributed by atoms with Crippen LogP contribution in [0, 0.1) is 0 Å². The molecule has 1 saturated heterocycles. The molecule has 1 aromatic heterocycles. The summed E-state index contributed by atoms with van der Waals surface area (Å²) < 4.78 is 6.91. The standard InChI is InChI=1S/C16H17N3O4/c20-15(14-7-3-4-10-23-14)17-11-5-1-2-6-13(11)19-9-8-12(18-19)16(21)22/h1-2,5-6,8-9,14H,3-4,7,10H2,(H,17,20)(H,21,22). The summed E-state index contributed by atoms with van der Waals surface area (Å²) in [6.07, 6.45) is 3.76. The highest BCUT2D eigenvalue weighted by molar-refractivity contribution is 5.96. The number of rotatable bonds is 4. The molecule has 0 radical (unpaired) electrons. The normalized spacial score (nSPS) is 17.7. The van der Waals surface area contributed by atoms with Crippen LogP contribution in [0.3, 0.4) is 0 Å². The van der Waals surface area contributed by atoms with Crippen molar-refractivity contribution in [3.05, 3.63) is 42.2 Å². The number of carbonyl (C=O) groups is 2. The zero-order chi connectivity index (χ0) is 16.2. The summed E-state index contributed by atoms with van der Waals surface area (Å²) >= 11 is 0. The lowest BCUT2D eigenvalue weighted by Crippen LogP contribution is -2.33. The summed E-state index contributed by atoms with van der Waals surface area (Å²) in [4.78, 5) is 23.3. The Hall–Kier alpha value is -2.67. The van der Waals surface area contributed by atoms with E-state index in [0.29, 0.717) is 24.4 Å². The fourth-order valence-electron chi connectivity index (χ4n) is 2.51. The number of aromatic carboxylic acids is 1. The van der Waals surface area contributed by atoms with Crippen LogP contribution in [0.1, 0.15) is 29.8 Å². The van der Waals surface area contributed by atoms with Crippen LogP contribution >= 0.6 is 0 Å². The van der Waals surface area contributed by atoms with Gasteiger partial charge in [-0.25, -0.2) is 9.48 Å². The van der Waals surface area contributed by atoms with Crippen LogP contribution in [-0.4, -0.2) is 39.5 Å². The summed E-state index contributed by atoms with van der Waals surface area (Å²) in [5.74, 6) is -1.29. The monoisotopic (exact) mass is 315 g/mol. The molecule has 1 aliphatic rings. The zero-order valence-electron chi connectivity index (χ0n) is 12.4. The molecule has 0 saturated carbocycles. The number of aromatic nitrogens is 2. The van der Waals surface area contributed by atoms with Crippen molar-refractivity contribution in [1.82, 2.24) is 9.78 Å². The lowest BCUT2D eigenvalue weighted by Gasteiger charge is -2.22. The van der Waals surface area contributed by atoms with Gasteiger partial charge in [0.2, 0.25) is 0 Å². The van der Waals surface area contributed by atoms with E-state index in [1.165, 1.54) is 10.7 Å². The minimum Gasteiger partial charge on any atom is -0.476 e. The number of carboxylic acid groups (broad SMARTS) is 1. The number of anilines is 1. The third-order valence-corrected chi connectivity index (χ3v) is 3.69. The first-order valence-electron chi connectivity index (χ1n) is 7.46. The Bertz CT molecular complexity index is 720. The molecule has 0 spiro atoms. The van der Waals surface area contributed by atoms with Crippen LogP contribution in [0.15, 0.2) is 36.5 Å². The molecular weight excluding hydrogens is 298 g/mol. The van der Waals surface area contributed by atoms with Gasteiger partial charge in [-0.05, 0) is 37.5 Å². The van der Waals surface area contributed by atoms with Crippen molar-refractivity contribution in [3.8, 4) is 5.69 Å². The lowest BCUT2D eigenvalue weighted by molar-refractivity contribution is -0.129. The predicted octanol–water partition coefficient (Wildman–Crippen LogP) is 2.08. The molecule has 1 fully saturated rings. The van der Waals surface area contributed by atoms with Gasteiger partial charge in [-0.15, -0.1) is 0 Å². The number of hydrogen-bond donors (Lipinski definition) is 2. The predicted molar refractivity (Wildman–Crippen MR) is 82.7 cm³/mol. The highest BCUT2D eigenvalue weighted by atomic mass is 16.5. The number of para-hydroxylation sites is 2. The van der Waals surface area contributed by atoms with Crippen molar-refractivity contribution < 1.29 is 19.4 Å². The zero-order valence-corrected chi connectivity index (χ0v) is 12.4. The van der Waals surface area contributed by atoms with Gasteiger partial charge >= 0.3 is 5.97 Å². The smallest absolute Gasteiger partial charge is 0.356 e. The van der Waals surface area contributed by atoms with Gasteiger partial charge in [0.15, 0.2) is 5.69 Å². The number of hydrogen-bond acceptors (Lipinski definition) is 4. The molecule has 0 bridgehead atoms. The Morgan fingerprint density at radius 1 is 1.26 bits per heavy atom. The third kappa shape index (κ3) is 3.40. The Labute approximate surface area is 132 Å². The van der Waals surface area contributed by atoms with Crippen molar-refractivity contribution in [2.24, 2.45) is 0 Å². The molecule has 7 nitrogen and oxygen atoms in total. The summed E-state index contributed by atoms with van der Waals surface area (Å²) in [7, 11) is 0. The molecule has 120 valence electrons. The number of nitrogens with zero attached hydrogens (tertiary/aromatic N) is 2. The van der Waals surface area contributed by atoms with Crippen molar-refractivity contribution in [2.45, 2.75) is 25.4 Å². The largest absolute Gasteiger partial charge is 0.476 e. The Morgan fingerprint density at radius 3 is 2.78 bits per heavy atom. The van der Waals surface area contributed by atoms with Crippen LogP contribution in [0.4, 0.5) is 5.69 Å². The van der Waals surface area contributed by atoms with Gasteiger partial charge in [0.1, 0.15) is 6.10 Å². The van der Waals surface area contributed by atoms with E-state index in [2.05, 4.69) is 10.4 Å². The second-order valence-electron chi connectivity index (χ2n) is 5.31. The molecule has 0 aliphatic carbocycles. The van der Waals surface area contributed by atoms with E-state index < -0.39 is 12.1 Å². The van der Waals surface area contributed by atoms with Crippen LogP contribution in [0.25, 0.3) is 5.69 Å². The summed E-state index contributed by atoms with van der Waals surface area (Å²) in [6.45, 7) is 0.598. The molecular formula is C16H17N3O4. The molecule has 1 atom stereocenters. The Morgan fingerprint density at radius 2 is 2.09 bits per heavy atom. The van der Waals surface area contributed by atoms with Crippen LogP contribution in [0.5, 0.6) is 0 Å². The molecule has 2 aromatic rings. The Balaban J connectivity index is 1.82. The summed E-state index contributed by atoms with van der Waals surface area (Å²) in [5, 5.41) is 15.8. The molecule has 7 heteroatoms. The van der Waals surface area contributed by atoms with E-state index >= 15 is 0 Å². The van der Waals surface area contributed by atoms with Gasteiger partial charge in [-0.2, -0.15) is 5.10 Å². The highest BCUT2D eigenvalue weighted by Gasteiger charge is 2.23. The number of carbonyl (C=O) groups excluding carboxylic acids is 1.